The lowest BCUT2D eigenvalue weighted by molar-refractivity contribution is 0.174. The topological polar surface area (TPSA) is 30.5 Å². The maximum atomic E-state index is 6.15. The third kappa shape index (κ3) is 2.74. The summed E-state index contributed by atoms with van der Waals surface area (Å²) in [6.45, 7) is 3.16. The van der Waals surface area contributed by atoms with Gasteiger partial charge in [-0.1, -0.05) is 35.9 Å². The van der Waals surface area contributed by atoms with E-state index in [4.69, 9.17) is 21.1 Å². The highest BCUT2D eigenvalue weighted by atomic mass is 35.5. The fourth-order valence-corrected chi connectivity index (χ4v) is 2.41. The SMILES string of the molecule is C[C@H](NCc1ccccc1Cl)c1ccc2c(c1)OCO2. The number of benzene rings is 2. The van der Waals surface area contributed by atoms with Crippen LogP contribution in [-0.2, 0) is 6.54 Å². The van der Waals surface area contributed by atoms with Crippen LogP contribution in [-0.4, -0.2) is 6.79 Å². The molecule has 0 aromatic heterocycles. The molecule has 3 rings (SSSR count). The van der Waals surface area contributed by atoms with Crippen molar-refractivity contribution >= 4 is 11.6 Å². The molecule has 2 aromatic rings. The maximum absolute atomic E-state index is 6.15. The van der Waals surface area contributed by atoms with Gasteiger partial charge in [-0.25, -0.2) is 0 Å². The Labute approximate surface area is 123 Å². The van der Waals surface area contributed by atoms with Gasteiger partial charge in [0.1, 0.15) is 0 Å². The molecule has 0 fully saturated rings. The molecule has 0 spiro atoms. The number of rotatable bonds is 4. The van der Waals surface area contributed by atoms with Gasteiger partial charge in [0, 0.05) is 17.6 Å². The third-order valence-electron chi connectivity index (χ3n) is 3.45. The van der Waals surface area contributed by atoms with Gasteiger partial charge in [-0.3, -0.25) is 0 Å². The van der Waals surface area contributed by atoms with Crippen molar-refractivity contribution in [3.05, 3.63) is 58.6 Å². The minimum atomic E-state index is 0.209. The first-order chi connectivity index (χ1) is 9.74. The highest BCUT2D eigenvalue weighted by Gasteiger charge is 2.15. The van der Waals surface area contributed by atoms with Crippen molar-refractivity contribution in [2.45, 2.75) is 19.5 Å². The molecule has 0 saturated carbocycles. The van der Waals surface area contributed by atoms with E-state index in [0.29, 0.717) is 6.79 Å². The minimum Gasteiger partial charge on any atom is -0.454 e. The molecule has 3 nitrogen and oxygen atoms in total. The van der Waals surface area contributed by atoms with Gasteiger partial charge in [0.15, 0.2) is 11.5 Å². The predicted octanol–water partition coefficient (Wildman–Crippen LogP) is 3.92. The molecule has 0 radical (unpaired) electrons. The molecule has 1 aliphatic heterocycles. The summed E-state index contributed by atoms with van der Waals surface area (Å²) < 4.78 is 10.7. The molecule has 0 aliphatic carbocycles. The fourth-order valence-electron chi connectivity index (χ4n) is 2.21. The second-order valence-corrected chi connectivity index (χ2v) is 5.21. The molecule has 104 valence electrons. The van der Waals surface area contributed by atoms with E-state index in [2.05, 4.69) is 18.3 Å². The number of hydrogen-bond donors (Lipinski definition) is 1. The maximum Gasteiger partial charge on any atom is 0.231 e. The van der Waals surface area contributed by atoms with Crippen LogP contribution in [0.5, 0.6) is 11.5 Å². The molecule has 0 saturated heterocycles. The van der Waals surface area contributed by atoms with Gasteiger partial charge in [-0.05, 0) is 36.2 Å². The Kier molecular flexibility index (Phi) is 3.81. The van der Waals surface area contributed by atoms with Crippen LogP contribution in [0.15, 0.2) is 42.5 Å². The van der Waals surface area contributed by atoms with Gasteiger partial charge in [0.05, 0.1) is 0 Å². The first-order valence-corrected chi connectivity index (χ1v) is 6.98. The molecule has 4 heteroatoms. The van der Waals surface area contributed by atoms with Gasteiger partial charge >= 0.3 is 0 Å². The Morgan fingerprint density at radius 1 is 1.15 bits per heavy atom. The lowest BCUT2D eigenvalue weighted by atomic mass is 10.1. The zero-order valence-corrected chi connectivity index (χ0v) is 12.0. The molecule has 1 atom stereocenters. The summed E-state index contributed by atoms with van der Waals surface area (Å²) >= 11 is 6.15. The van der Waals surface area contributed by atoms with Crippen molar-refractivity contribution in [2.75, 3.05) is 6.79 Å². The van der Waals surface area contributed by atoms with Gasteiger partial charge in [0.2, 0.25) is 6.79 Å². The van der Waals surface area contributed by atoms with Crippen LogP contribution in [0.3, 0.4) is 0 Å². The summed E-state index contributed by atoms with van der Waals surface area (Å²) in [4.78, 5) is 0. The van der Waals surface area contributed by atoms with E-state index < -0.39 is 0 Å². The van der Waals surface area contributed by atoms with Crippen molar-refractivity contribution < 1.29 is 9.47 Å². The quantitative estimate of drug-likeness (QED) is 0.925. The largest absolute Gasteiger partial charge is 0.454 e. The Hall–Kier alpha value is -1.71. The molecule has 1 N–H and O–H groups in total. The molecule has 1 heterocycles. The fraction of sp³-hybridized carbons (Fsp3) is 0.250. The molecule has 0 amide bonds. The Morgan fingerprint density at radius 2 is 1.95 bits per heavy atom. The van der Waals surface area contributed by atoms with Crippen molar-refractivity contribution in [3.8, 4) is 11.5 Å². The van der Waals surface area contributed by atoms with E-state index in [1.54, 1.807) is 0 Å². The zero-order valence-electron chi connectivity index (χ0n) is 11.2. The van der Waals surface area contributed by atoms with Crippen molar-refractivity contribution in [3.63, 3.8) is 0 Å². The van der Waals surface area contributed by atoms with Crippen LogP contribution >= 0.6 is 11.6 Å². The predicted molar refractivity (Wildman–Crippen MR) is 79.3 cm³/mol. The van der Waals surface area contributed by atoms with Gasteiger partial charge in [-0.2, -0.15) is 0 Å². The minimum absolute atomic E-state index is 0.209. The summed E-state index contributed by atoms with van der Waals surface area (Å²) in [5.41, 5.74) is 2.27. The van der Waals surface area contributed by atoms with Gasteiger partial charge in [-0.15, -0.1) is 0 Å². The number of halogens is 1. The van der Waals surface area contributed by atoms with Crippen molar-refractivity contribution in [1.82, 2.24) is 5.32 Å². The second kappa shape index (κ2) is 5.73. The number of ether oxygens (including phenoxy) is 2. The zero-order chi connectivity index (χ0) is 13.9. The normalized spacial score (nSPS) is 14.3. The van der Waals surface area contributed by atoms with E-state index in [1.807, 2.05) is 36.4 Å². The summed E-state index contributed by atoms with van der Waals surface area (Å²) in [5.74, 6) is 1.63. The summed E-state index contributed by atoms with van der Waals surface area (Å²) in [6, 6.07) is 14.1. The average molecular weight is 290 g/mol. The Morgan fingerprint density at radius 3 is 2.80 bits per heavy atom. The van der Waals surface area contributed by atoms with Crippen LogP contribution < -0.4 is 14.8 Å². The summed E-state index contributed by atoms with van der Waals surface area (Å²) in [5, 5.41) is 4.26. The second-order valence-electron chi connectivity index (χ2n) is 4.81. The van der Waals surface area contributed by atoms with E-state index >= 15 is 0 Å². The number of nitrogens with one attached hydrogen (secondary N) is 1. The smallest absolute Gasteiger partial charge is 0.231 e. The highest BCUT2D eigenvalue weighted by molar-refractivity contribution is 6.31. The Balaban J connectivity index is 1.67. The lowest BCUT2D eigenvalue weighted by Crippen LogP contribution is -2.18. The first-order valence-electron chi connectivity index (χ1n) is 6.60. The van der Waals surface area contributed by atoms with Gasteiger partial charge in [0.25, 0.3) is 0 Å². The molecular formula is C16H16ClNO2. The third-order valence-corrected chi connectivity index (χ3v) is 3.82. The van der Waals surface area contributed by atoms with E-state index in [9.17, 15) is 0 Å². The van der Waals surface area contributed by atoms with Crippen molar-refractivity contribution in [1.29, 1.82) is 0 Å². The van der Waals surface area contributed by atoms with Crippen LogP contribution in [0, 0.1) is 0 Å². The van der Waals surface area contributed by atoms with E-state index in [0.717, 1.165) is 28.6 Å². The molecular weight excluding hydrogens is 274 g/mol. The van der Waals surface area contributed by atoms with E-state index in [-0.39, 0.29) is 6.04 Å². The molecule has 1 aliphatic rings. The number of hydrogen-bond acceptors (Lipinski definition) is 3. The van der Waals surface area contributed by atoms with Crippen LogP contribution in [0.25, 0.3) is 0 Å². The molecule has 20 heavy (non-hydrogen) atoms. The van der Waals surface area contributed by atoms with Crippen LogP contribution in [0.1, 0.15) is 24.1 Å². The monoisotopic (exact) mass is 289 g/mol. The molecule has 0 bridgehead atoms. The average Bonchev–Trinajstić information content (AvgIpc) is 2.93. The van der Waals surface area contributed by atoms with Crippen LogP contribution in [0.2, 0.25) is 5.02 Å². The number of fused-ring (bicyclic) bond motifs is 1. The highest BCUT2D eigenvalue weighted by Crippen LogP contribution is 2.34. The van der Waals surface area contributed by atoms with Crippen molar-refractivity contribution in [2.24, 2.45) is 0 Å². The first kappa shape index (κ1) is 13.3. The van der Waals surface area contributed by atoms with E-state index in [1.165, 1.54) is 5.56 Å². The standard InChI is InChI=1S/C16H16ClNO2/c1-11(18-9-13-4-2-3-5-14(13)17)12-6-7-15-16(8-12)20-10-19-15/h2-8,11,18H,9-10H2,1H3/t11-/m0/s1. The Bertz CT molecular complexity index is 615. The lowest BCUT2D eigenvalue weighted by Gasteiger charge is -2.15. The van der Waals surface area contributed by atoms with Gasteiger partial charge < -0.3 is 14.8 Å². The molecule has 0 unspecified atom stereocenters. The summed E-state index contributed by atoms with van der Waals surface area (Å²) in [7, 11) is 0. The molecule has 2 aromatic carbocycles. The van der Waals surface area contributed by atoms with Crippen LogP contribution in [0.4, 0.5) is 0 Å². The summed E-state index contributed by atoms with van der Waals surface area (Å²) in [6.07, 6.45) is 0.